The Morgan fingerprint density at radius 1 is 1.28 bits per heavy atom. The fourth-order valence-corrected chi connectivity index (χ4v) is 4.33. The lowest BCUT2D eigenvalue weighted by Crippen LogP contribution is -2.27. The molecule has 1 aromatic carbocycles. The van der Waals surface area contributed by atoms with Crippen molar-refractivity contribution in [2.45, 2.75) is 63.6 Å². The summed E-state index contributed by atoms with van der Waals surface area (Å²) in [6.07, 6.45) is 5.76. The third-order valence-electron chi connectivity index (χ3n) is 5.55. The summed E-state index contributed by atoms with van der Waals surface area (Å²) in [7, 11) is 0. The molecule has 2 aromatic rings. The number of aromatic nitrogens is 2. The molecule has 0 radical (unpaired) electrons. The highest BCUT2D eigenvalue weighted by atomic mass is 16.5. The second kappa shape index (κ2) is 7.67. The Labute approximate surface area is 149 Å². The highest BCUT2D eigenvalue weighted by Crippen LogP contribution is 2.48. The lowest BCUT2D eigenvalue weighted by molar-refractivity contribution is 0.0953. The van der Waals surface area contributed by atoms with Gasteiger partial charge in [0.2, 0.25) is 0 Å². The average Bonchev–Trinajstić information content (AvgIpc) is 3.36. The molecule has 0 bridgehead atoms. The predicted molar refractivity (Wildman–Crippen MR) is 95.1 cm³/mol. The Morgan fingerprint density at radius 2 is 2.16 bits per heavy atom. The molecule has 5 nitrogen and oxygen atoms in total. The molecule has 1 aromatic heterocycles. The Hall–Kier alpha value is -1.72. The Balaban J connectivity index is 1.46. The highest BCUT2D eigenvalue weighted by molar-refractivity contribution is 5.24. The Morgan fingerprint density at radius 3 is 3.00 bits per heavy atom. The van der Waals surface area contributed by atoms with Gasteiger partial charge in [-0.05, 0) is 37.8 Å². The maximum Gasteiger partial charge on any atom is 0.252 e. The van der Waals surface area contributed by atoms with Crippen LogP contribution in [0.4, 0.5) is 0 Å². The molecule has 3 heterocycles. The van der Waals surface area contributed by atoms with Crippen molar-refractivity contribution in [3.8, 4) is 0 Å². The third kappa shape index (κ3) is 3.48. The van der Waals surface area contributed by atoms with Gasteiger partial charge >= 0.3 is 0 Å². The smallest absolute Gasteiger partial charge is 0.252 e. The van der Waals surface area contributed by atoms with E-state index in [1.807, 2.05) is 0 Å². The molecule has 0 spiro atoms. The van der Waals surface area contributed by atoms with Gasteiger partial charge in [-0.3, -0.25) is 4.90 Å². The van der Waals surface area contributed by atoms with E-state index in [-0.39, 0.29) is 0 Å². The zero-order chi connectivity index (χ0) is 17.1. The van der Waals surface area contributed by atoms with Gasteiger partial charge in [-0.2, -0.15) is 4.98 Å². The number of hydrogen-bond acceptors (Lipinski definition) is 5. The largest absolute Gasteiger partial charge is 0.372 e. The number of benzene rings is 1. The molecule has 0 aliphatic carbocycles. The lowest BCUT2D eigenvalue weighted by atomic mass is 9.94. The first-order valence-electron chi connectivity index (χ1n) is 9.57. The highest BCUT2D eigenvalue weighted by Gasteiger charge is 2.46. The number of hydrogen-bond donors (Lipinski definition) is 0. The SMILES string of the molecule is CCCCOCc1nc([C@H]2C[C@@H](c3ccccc3)N3CCC[C@H]23)no1. The quantitative estimate of drug-likeness (QED) is 0.710. The summed E-state index contributed by atoms with van der Waals surface area (Å²) in [4.78, 5) is 7.30. The van der Waals surface area contributed by atoms with Crippen LogP contribution >= 0.6 is 0 Å². The van der Waals surface area contributed by atoms with E-state index in [1.54, 1.807) is 0 Å². The predicted octanol–water partition coefficient (Wildman–Crippen LogP) is 4.08. The molecule has 5 heteroatoms. The third-order valence-corrected chi connectivity index (χ3v) is 5.55. The molecule has 2 saturated heterocycles. The molecule has 4 rings (SSSR count). The number of fused-ring (bicyclic) bond motifs is 1. The fourth-order valence-electron chi connectivity index (χ4n) is 4.33. The minimum absolute atomic E-state index is 0.362. The summed E-state index contributed by atoms with van der Waals surface area (Å²) in [5.41, 5.74) is 1.41. The molecule has 134 valence electrons. The van der Waals surface area contributed by atoms with E-state index in [9.17, 15) is 0 Å². The molecule has 3 atom stereocenters. The maximum atomic E-state index is 5.61. The first-order chi connectivity index (χ1) is 12.4. The van der Waals surface area contributed by atoms with Crippen molar-refractivity contribution in [1.82, 2.24) is 15.0 Å². The van der Waals surface area contributed by atoms with Gasteiger partial charge in [0.25, 0.3) is 5.89 Å². The Bertz CT molecular complexity index is 673. The van der Waals surface area contributed by atoms with Crippen LogP contribution in [0.25, 0.3) is 0 Å². The van der Waals surface area contributed by atoms with Crippen molar-refractivity contribution in [3.05, 3.63) is 47.6 Å². The average molecular weight is 341 g/mol. The lowest BCUT2D eigenvalue weighted by Gasteiger charge is -2.24. The maximum absolute atomic E-state index is 5.61. The van der Waals surface area contributed by atoms with Gasteiger partial charge in [-0.15, -0.1) is 0 Å². The summed E-state index contributed by atoms with van der Waals surface area (Å²) in [6.45, 7) is 4.51. The molecule has 2 fully saturated rings. The van der Waals surface area contributed by atoms with E-state index in [0.717, 1.165) is 31.7 Å². The molecule has 0 saturated carbocycles. The van der Waals surface area contributed by atoms with Crippen molar-refractivity contribution in [3.63, 3.8) is 0 Å². The van der Waals surface area contributed by atoms with Gasteiger partial charge in [-0.1, -0.05) is 48.8 Å². The number of unbranched alkanes of at least 4 members (excludes halogenated alkanes) is 1. The Kier molecular flexibility index (Phi) is 5.13. The molecular formula is C20H27N3O2. The van der Waals surface area contributed by atoms with Gasteiger partial charge in [-0.25, -0.2) is 0 Å². The van der Waals surface area contributed by atoms with Crippen molar-refractivity contribution >= 4 is 0 Å². The molecule has 0 unspecified atom stereocenters. The summed E-state index contributed by atoms with van der Waals surface area (Å²) < 4.78 is 11.0. The van der Waals surface area contributed by atoms with E-state index in [2.05, 4.69) is 52.3 Å². The van der Waals surface area contributed by atoms with E-state index >= 15 is 0 Å². The van der Waals surface area contributed by atoms with Crippen molar-refractivity contribution in [1.29, 1.82) is 0 Å². The van der Waals surface area contributed by atoms with Crippen molar-refractivity contribution in [2.24, 2.45) is 0 Å². The minimum atomic E-state index is 0.362. The van der Waals surface area contributed by atoms with Gasteiger partial charge in [0, 0.05) is 24.6 Å². The van der Waals surface area contributed by atoms with E-state index < -0.39 is 0 Å². The van der Waals surface area contributed by atoms with Crippen molar-refractivity contribution < 1.29 is 9.26 Å². The monoisotopic (exact) mass is 341 g/mol. The molecule has 0 N–H and O–H groups in total. The van der Waals surface area contributed by atoms with Crippen molar-refractivity contribution in [2.75, 3.05) is 13.2 Å². The van der Waals surface area contributed by atoms with Crippen LogP contribution in [0.3, 0.4) is 0 Å². The topological polar surface area (TPSA) is 51.4 Å². The molecule has 2 aliphatic rings. The van der Waals surface area contributed by atoms with Gasteiger partial charge in [0.05, 0.1) is 0 Å². The van der Waals surface area contributed by atoms with Crippen LogP contribution in [0.15, 0.2) is 34.9 Å². The zero-order valence-corrected chi connectivity index (χ0v) is 14.9. The van der Waals surface area contributed by atoms with Crippen LogP contribution in [0, 0.1) is 0 Å². The summed E-state index contributed by atoms with van der Waals surface area (Å²) in [5, 5.41) is 4.29. The second-order valence-electron chi connectivity index (χ2n) is 7.17. The van der Waals surface area contributed by atoms with Crippen LogP contribution in [0.5, 0.6) is 0 Å². The number of rotatable bonds is 7. The molecule has 25 heavy (non-hydrogen) atoms. The van der Waals surface area contributed by atoms with E-state index in [4.69, 9.17) is 9.26 Å². The molecule has 2 aliphatic heterocycles. The minimum Gasteiger partial charge on any atom is -0.372 e. The molecular weight excluding hydrogens is 314 g/mol. The van der Waals surface area contributed by atoms with Crippen LogP contribution in [0.1, 0.15) is 68.3 Å². The normalized spacial score (nSPS) is 26.2. The van der Waals surface area contributed by atoms with Crippen LogP contribution in [-0.4, -0.2) is 34.2 Å². The fraction of sp³-hybridized carbons (Fsp3) is 0.600. The summed E-state index contributed by atoms with van der Waals surface area (Å²) in [6, 6.07) is 11.8. The van der Waals surface area contributed by atoms with Crippen LogP contribution in [-0.2, 0) is 11.3 Å². The van der Waals surface area contributed by atoms with E-state index in [1.165, 1.54) is 24.9 Å². The first kappa shape index (κ1) is 16.7. The second-order valence-corrected chi connectivity index (χ2v) is 7.17. The zero-order valence-electron chi connectivity index (χ0n) is 14.9. The van der Waals surface area contributed by atoms with E-state index in [0.29, 0.717) is 30.5 Å². The summed E-state index contributed by atoms with van der Waals surface area (Å²) in [5.74, 6) is 1.84. The van der Waals surface area contributed by atoms with Gasteiger partial charge in [0.1, 0.15) is 6.61 Å². The van der Waals surface area contributed by atoms with Gasteiger partial charge in [0.15, 0.2) is 5.82 Å². The first-order valence-corrected chi connectivity index (χ1v) is 9.57. The van der Waals surface area contributed by atoms with Crippen LogP contribution in [0.2, 0.25) is 0 Å². The standard InChI is InChI=1S/C20H27N3O2/c1-2-3-12-24-14-19-21-20(22-25-19)16-13-18(15-8-5-4-6-9-15)23-11-7-10-17(16)23/h4-6,8-9,16-18H,2-3,7,10-14H2,1H3/t16-,17+,18-/m0/s1. The summed E-state index contributed by atoms with van der Waals surface area (Å²) >= 11 is 0. The van der Waals surface area contributed by atoms with Gasteiger partial charge < -0.3 is 9.26 Å². The number of ether oxygens (including phenoxy) is 1. The number of nitrogens with zero attached hydrogens (tertiary/aromatic N) is 3. The molecule has 0 amide bonds. The van der Waals surface area contributed by atoms with Crippen LogP contribution < -0.4 is 0 Å².